The van der Waals surface area contributed by atoms with Crippen LogP contribution in [0.5, 0.6) is 0 Å². The molecule has 4 aromatic rings. The molecule has 0 unspecified atom stereocenters. The summed E-state index contributed by atoms with van der Waals surface area (Å²) in [5.41, 5.74) is -0.941. The van der Waals surface area contributed by atoms with Crippen molar-refractivity contribution in [2.45, 2.75) is 18.0 Å². The molecule has 0 saturated carbocycles. The maximum atomic E-state index is 13.8. The lowest BCUT2D eigenvalue weighted by atomic mass is 10.1. The molecule has 2 aromatic carbocycles. The maximum Gasteiger partial charge on any atom is 0.435 e. The van der Waals surface area contributed by atoms with Crippen LogP contribution in [0.15, 0.2) is 71.9 Å². The molecule has 4 rings (SSSR count). The summed E-state index contributed by atoms with van der Waals surface area (Å²) >= 11 is 0. The smallest absolute Gasteiger partial charge is 0.276 e. The Balaban J connectivity index is 1.85. The van der Waals surface area contributed by atoms with Crippen molar-refractivity contribution in [2.24, 2.45) is 0 Å². The number of nitrogens with one attached hydrogen (secondary N) is 1. The summed E-state index contributed by atoms with van der Waals surface area (Å²) in [5, 5.41) is 4.33. The van der Waals surface area contributed by atoms with Gasteiger partial charge in [-0.1, -0.05) is 24.3 Å². The van der Waals surface area contributed by atoms with E-state index in [4.69, 9.17) is 0 Å². The number of pyridine rings is 1. The molecular formula is C20H15F3N4O2S. The fourth-order valence-corrected chi connectivity index (χ4v) is 4.48. The quantitative estimate of drug-likeness (QED) is 0.513. The van der Waals surface area contributed by atoms with Gasteiger partial charge in [0.05, 0.1) is 23.1 Å². The van der Waals surface area contributed by atoms with Gasteiger partial charge in [0.2, 0.25) is 0 Å². The third-order valence-corrected chi connectivity index (χ3v) is 5.77. The Morgan fingerprint density at radius 2 is 1.77 bits per heavy atom. The van der Waals surface area contributed by atoms with Crippen molar-refractivity contribution in [3.05, 3.63) is 78.2 Å². The number of para-hydroxylation sites is 1. The molecule has 0 spiro atoms. The molecular weight excluding hydrogens is 417 g/mol. The molecule has 0 atom stereocenters. The van der Waals surface area contributed by atoms with Crippen molar-refractivity contribution < 1.29 is 21.6 Å². The summed E-state index contributed by atoms with van der Waals surface area (Å²) in [6.45, 7) is 1.69. The highest BCUT2D eigenvalue weighted by Gasteiger charge is 2.40. The molecule has 0 saturated heterocycles. The summed E-state index contributed by atoms with van der Waals surface area (Å²) in [7, 11) is -4.38. The second-order valence-electron chi connectivity index (χ2n) is 6.60. The molecule has 154 valence electrons. The second-order valence-corrected chi connectivity index (χ2v) is 8.25. The fraction of sp³-hybridized carbons (Fsp3) is 0.100. The topological polar surface area (TPSA) is 76.9 Å². The highest BCUT2D eigenvalue weighted by Crippen LogP contribution is 2.37. The number of anilines is 1. The average Bonchev–Trinajstić information content (AvgIpc) is 3.11. The van der Waals surface area contributed by atoms with Crippen LogP contribution in [0.1, 0.15) is 11.3 Å². The number of halogens is 3. The van der Waals surface area contributed by atoms with E-state index in [0.717, 1.165) is 6.20 Å². The molecule has 0 aliphatic rings. The molecule has 0 radical (unpaired) electrons. The number of fused-ring (bicyclic) bond motifs is 1. The van der Waals surface area contributed by atoms with E-state index in [1.54, 1.807) is 43.3 Å². The minimum Gasteiger partial charge on any atom is -0.276 e. The molecule has 30 heavy (non-hydrogen) atoms. The summed E-state index contributed by atoms with van der Waals surface area (Å²) in [6, 6.07) is 14.1. The normalized spacial score (nSPS) is 12.3. The largest absolute Gasteiger partial charge is 0.435 e. The van der Waals surface area contributed by atoms with Crippen molar-refractivity contribution >= 4 is 26.6 Å². The first-order valence-electron chi connectivity index (χ1n) is 8.76. The van der Waals surface area contributed by atoms with Crippen LogP contribution >= 0.6 is 0 Å². The second kappa shape index (κ2) is 7.13. The predicted molar refractivity (Wildman–Crippen MR) is 106 cm³/mol. The Hall–Kier alpha value is -3.40. The fourth-order valence-electron chi connectivity index (χ4n) is 3.17. The van der Waals surface area contributed by atoms with E-state index in [9.17, 15) is 21.6 Å². The summed E-state index contributed by atoms with van der Waals surface area (Å²) in [5.74, 6) is 0. The highest BCUT2D eigenvalue weighted by atomic mass is 32.2. The van der Waals surface area contributed by atoms with Gasteiger partial charge in [-0.25, -0.2) is 13.1 Å². The average molecular weight is 432 g/mol. The van der Waals surface area contributed by atoms with Crippen LogP contribution in [0.3, 0.4) is 0 Å². The first kappa shape index (κ1) is 19.9. The Bertz CT molecular complexity index is 1330. The number of hydrogen-bond acceptors (Lipinski definition) is 4. The van der Waals surface area contributed by atoms with Gasteiger partial charge in [0.25, 0.3) is 10.0 Å². The first-order valence-corrected chi connectivity index (χ1v) is 10.2. The number of nitrogens with zero attached hydrogens (tertiary/aromatic N) is 3. The molecule has 0 aliphatic heterocycles. The van der Waals surface area contributed by atoms with E-state index < -0.39 is 27.6 Å². The van der Waals surface area contributed by atoms with Crippen molar-refractivity contribution in [1.29, 1.82) is 0 Å². The van der Waals surface area contributed by atoms with Crippen molar-refractivity contribution in [3.8, 4) is 5.69 Å². The van der Waals surface area contributed by atoms with Gasteiger partial charge in [-0.3, -0.25) is 9.71 Å². The molecule has 0 bridgehead atoms. The molecule has 2 aromatic heterocycles. The van der Waals surface area contributed by atoms with Crippen LogP contribution in [0.4, 0.5) is 18.9 Å². The van der Waals surface area contributed by atoms with Gasteiger partial charge < -0.3 is 0 Å². The van der Waals surface area contributed by atoms with Crippen LogP contribution in [0.2, 0.25) is 0 Å². The van der Waals surface area contributed by atoms with Gasteiger partial charge in [0.1, 0.15) is 4.90 Å². The lowest BCUT2D eigenvalue weighted by molar-refractivity contribution is -0.142. The number of aromatic nitrogens is 3. The zero-order valence-corrected chi connectivity index (χ0v) is 16.4. The number of benzene rings is 2. The van der Waals surface area contributed by atoms with Gasteiger partial charge in [0.15, 0.2) is 5.69 Å². The van der Waals surface area contributed by atoms with Crippen LogP contribution in [-0.2, 0) is 16.2 Å². The molecule has 1 N–H and O–H groups in total. The monoisotopic (exact) mass is 432 g/mol. The zero-order chi connectivity index (χ0) is 21.5. The van der Waals surface area contributed by atoms with E-state index in [2.05, 4.69) is 10.1 Å². The molecule has 6 nitrogen and oxygen atoms in total. The summed E-state index contributed by atoms with van der Waals surface area (Å²) < 4.78 is 70.2. The van der Waals surface area contributed by atoms with Crippen molar-refractivity contribution in [3.63, 3.8) is 0 Å². The summed E-state index contributed by atoms with van der Waals surface area (Å²) in [6.07, 6.45) is -2.58. The summed E-state index contributed by atoms with van der Waals surface area (Å²) in [4.78, 5) is 3.88. The van der Waals surface area contributed by atoms with Crippen molar-refractivity contribution in [1.82, 2.24) is 14.8 Å². The van der Waals surface area contributed by atoms with Gasteiger partial charge in [-0.2, -0.15) is 18.3 Å². The minimum absolute atomic E-state index is 0.151. The Kier molecular flexibility index (Phi) is 4.73. The van der Waals surface area contributed by atoms with E-state index in [0.29, 0.717) is 15.6 Å². The van der Waals surface area contributed by atoms with Crippen LogP contribution in [0.25, 0.3) is 16.6 Å². The third-order valence-electron chi connectivity index (χ3n) is 4.39. The SMILES string of the molecule is Cc1cc(S(=O)(=O)Nc2cnn(-c3ccccc3)c2C(F)(F)F)c2ncccc2c1. The van der Waals surface area contributed by atoms with Crippen LogP contribution in [-0.4, -0.2) is 23.2 Å². The van der Waals surface area contributed by atoms with Crippen LogP contribution in [0, 0.1) is 6.92 Å². The molecule has 0 aliphatic carbocycles. The highest BCUT2D eigenvalue weighted by molar-refractivity contribution is 7.93. The number of aryl methyl sites for hydroxylation is 1. The molecule has 0 fully saturated rings. The zero-order valence-electron chi connectivity index (χ0n) is 15.6. The van der Waals surface area contributed by atoms with E-state index in [1.165, 1.54) is 24.4 Å². The molecule has 10 heteroatoms. The Labute approximate surface area is 170 Å². The predicted octanol–water partition coefficient (Wildman–Crippen LogP) is 4.55. The van der Waals surface area contributed by atoms with E-state index in [1.807, 2.05) is 4.72 Å². The van der Waals surface area contributed by atoms with E-state index >= 15 is 0 Å². The van der Waals surface area contributed by atoms with Gasteiger partial charge in [0, 0.05) is 11.6 Å². The molecule has 0 amide bonds. The minimum atomic E-state index is -4.85. The Morgan fingerprint density at radius 1 is 1.03 bits per heavy atom. The maximum absolute atomic E-state index is 13.8. The molecule has 2 heterocycles. The standard InChI is InChI=1S/C20H15F3N4O2S/c1-13-10-14-6-5-9-24-18(14)17(11-13)30(28,29)26-16-12-25-27(19(16)20(21,22)23)15-7-3-2-4-8-15/h2-12,26H,1H3. The number of rotatable bonds is 4. The van der Waals surface area contributed by atoms with Crippen molar-refractivity contribution in [2.75, 3.05) is 4.72 Å². The number of sulfonamides is 1. The van der Waals surface area contributed by atoms with Gasteiger partial charge in [-0.15, -0.1) is 0 Å². The van der Waals surface area contributed by atoms with Gasteiger partial charge in [-0.05, 0) is 42.8 Å². The van der Waals surface area contributed by atoms with Gasteiger partial charge >= 0.3 is 6.18 Å². The lowest BCUT2D eigenvalue weighted by Crippen LogP contribution is -2.19. The van der Waals surface area contributed by atoms with E-state index in [-0.39, 0.29) is 16.1 Å². The van der Waals surface area contributed by atoms with Crippen LogP contribution < -0.4 is 4.72 Å². The Morgan fingerprint density at radius 3 is 2.47 bits per heavy atom. The lowest BCUT2D eigenvalue weighted by Gasteiger charge is -2.14. The first-order chi connectivity index (χ1) is 14.2. The third kappa shape index (κ3) is 3.61. The number of alkyl halides is 3. The number of hydrogen-bond donors (Lipinski definition) is 1.